The average Bonchev–Trinajstić information content (AvgIpc) is 2.73. The lowest BCUT2D eigenvalue weighted by atomic mass is 10.1. The molecule has 0 aromatic heterocycles. The number of carbonyl (C=O) groups excluding carboxylic acids is 2. The van der Waals surface area contributed by atoms with E-state index in [1.807, 2.05) is 12.1 Å². The zero-order valence-corrected chi connectivity index (χ0v) is 15.5. The summed E-state index contributed by atoms with van der Waals surface area (Å²) >= 11 is 0. The number of ether oxygens (including phenoxy) is 1. The summed E-state index contributed by atoms with van der Waals surface area (Å²) in [4.78, 5) is 25.9. The van der Waals surface area contributed by atoms with Crippen molar-refractivity contribution in [1.29, 1.82) is 0 Å². The second kappa shape index (κ2) is 9.03. The van der Waals surface area contributed by atoms with Crippen LogP contribution in [-0.2, 0) is 9.53 Å². The van der Waals surface area contributed by atoms with Gasteiger partial charge >= 0.3 is 5.97 Å². The maximum Gasteiger partial charge on any atom is 0.337 e. The zero-order valence-electron chi connectivity index (χ0n) is 15.5. The minimum absolute atomic E-state index is 0.197. The SMILES string of the molecule is COC(=O)c1ccc(/C=C/C(=O)Nc2ccc(N3CCCCC3)cc2)cc1. The molecule has 140 valence electrons. The average molecular weight is 364 g/mol. The highest BCUT2D eigenvalue weighted by Crippen LogP contribution is 2.21. The molecule has 3 rings (SSSR count). The molecule has 0 saturated carbocycles. The summed E-state index contributed by atoms with van der Waals surface area (Å²) < 4.78 is 4.66. The van der Waals surface area contributed by atoms with Crippen LogP contribution in [0, 0.1) is 0 Å². The van der Waals surface area contributed by atoms with Crippen molar-refractivity contribution in [2.24, 2.45) is 0 Å². The number of hydrogen-bond acceptors (Lipinski definition) is 4. The highest BCUT2D eigenvalue weighted by atomic mass is 16.5. The van der Waals surface area contributed by atoms with Crippen LogP contribution < -0.4 is 10.2 Å². The molecule has 0 aliphatic carbocycles. The first-order chi connectivity index (χ1) is 13.2. The maximum absolute atomic E-state index is 12.1. The largest absolute Gasteiger partial charge is 0.465 e. The molecular formula is C22H24N2O3. The molecule has 2 aromatic rings. The van der Waals surface area contributed by atoms with E-state index in [1.165, 1.54) is 38.1 Å². The van der Waals surface area contributed by atoms with Crippen LogP contribution in [0.15, 0.2) is 54.6 Å². The van der Waals surface area contributed by atoms with Gasteiger partial charge in [-0.3, -0.25) is 4.79 Å². The first-order valence-electron chi connectivity index (χ1n) is 9.18. The fourth-order valence-electron chi connectivity index (χ4n) is 3.11. The van der Waals surface area contributed by atoms with E-state index >= 15 is 0 Å². The molecule has 1 N–H and O–H groups in total. The molecule has 1 aliphatic heterocycles. The van der Waals surface area contributed by atoms with Crippen LogP contribution in [0.25, 0.3) is 6.08 Å². The summed E-state index contributed by atoms with van der Waals surface area (Å²) in [5, 5.41) is 2.86. The number of nitrogens with one attached hydrogen (secondary N) is 1. The summed E-state index contributed by atoms with van der Waals surface area (Å²) in [6, 6.07) is 14.8. The minimum atomic E-state index is -0.378. The Balaban J connectivity index is 1.55. The normalized spacial score (nSPS) is 14.2. The Bertz CT molecular complexity index is 804. The molecule has 5 nitrogen and oxygen atoms in total. The third kappa shape index (κ3) is 5.20. The first-order valence-corrected chi connectivity index (χ1v) is 9.18. The summed E-state index contributed by atoms with van der Waals surface area (Å²) in [5.41, 5.74) is 3.28. The predicted octanol–water partition coefficient (Wildman–Crippen LogP) is 4.12. The summed E-state index contributed by atoms with van der Waals surface area (Å²) in [6.45, 7) is 2.20. The van der Waals surface area contributed by atoms with Gasteiger partial charge in [0.2, 0.25) is 5.91 Å². The summed E-state index contributed by atoms with van der Waals surface area (Å²) in [5.74, 6) is -0.575. The van der Waals surface area contributed by atoms with Gasteiger partial charge in [0.1, 0.15) is 0 Å². The summed E-state index contributed by atoms with van der Waals surface area (Å²) in [6.07, 6.45) is 6.97. The number of anilines is 2. The van der Waals surface area contributed by atoms with Gasteiger partial charge in [-0.15, -0.1) is 0 Å². The number of piperidine rings is 1. The van der Waals surface area contributed by atoms with Gasteiger partial charge in [0.05, 0.1) is 12.7 Å². The first kappa shape index (κ1) is 18.7. The van der Waals surface area contributed by atoms with Crippen molar-refractivity contribution in [2.45, 2.75) is 19.3 Å². The second-order valence-electron chi connectivity index (χ2n) is 6.53. The van der Waals surface area contributed by atoms with Gasteiger partial charge in [0.25, 0.3) is 0 Å². The van der Waals surface area contributed by atoms with Gasteiger partial charge in [-0.25, -0.2) is 4.79 Å². The molecule has 2 aromatic carbocycles. The maximum atomic E-state index is 12.1. The van der Waals surface area contributed by atoms with Crippen LogP contribution in [0.5, 0.6) is 0 Å². The Morgan fingerprint density at radius 1 is 0.963 bits per heavy atom. The fourth-order valence-corrected chi connectivity index (χ4v) is 3.11. The topological polar surface area (TPSA) is 58.6 Å². The Labute approximate surface area is 159 Å². The predicted molar refractivity (Wildman–Crippen MR) is 108 cm³/mol. The van der Waals surface area contributed by atoms with Gasteiger partial charge in [-0.05, 0) is 67.3 Å². The second-order valence-corrected chi connectivity index (χ2v) is 6.53. The van der Waals surface area contributed by atoms with Gasteiger partial charge in [-0.1, -0.05) is 12.1 Å². The third-order valence-electron chi connectivity index (χ3n) is 4.61. The van der Waals surface area contributed by atoms with Crippen LogP contribution in [0.3, 0.4) is 0 Å². The van der Waals surface area contributed by atoms with Crippen molar-refractivity contribution < 1.29 is 14.3 Å². The Morgan fingerprint density at radius 2 is 1.63 bits per heavy atom. The fraction of sp³-hybridized carbons (Fsp3) is 0.273. The van der Waals surface area contributed by atoms with Crippen molar-refractivity contribution in [2.75, 3.05) is 30.4 Å². The van der Waals surface area contributed by atoms with Gasteiger partial charge < -0.3 is 15.0 Å². The van der Waals surface area contributed by atoms with Crippen molar-refractivity contribution in [3.63, 3.8) is 0 Å². The lowest BCUT2D eigenvalue weighted by Gasteiger charge is -2.28. The van der Waals surface area contributed by atoms with Crippen LogP contribution in [0.4, 0.5) is 11.4 Å². The number of esters is 1. The Kier molecular flexibility index (Phi) is 6.26. The zero-order chi connectivity index (χ0) is 19.1. The molecule has 0 radical (unpaired) electrons. The molecule has 1 heterocycles. The quantitative estimate of drug-likeness (QED) is 0.641. The van der Waals surface area contributed by atoms with E-state index in [1.54, 1.807) is 30.3 Å². The van der Waals surface area contributed by atoms with E-state index in [0.717, 1.165) is 24.3 Å². The number of carbonyl (C=O) groups is 2. The van der Waals surface area contributed by atoms with Crippen LogP contribution in [0.2, 0.25) is 0 Å². The minimum Gasteiger partial charge on any atom is -0.465 e. The molecule has 0 unspecified atom stereocenters. The molecule has 1 amide bonds. The Hall–Kier alpha value is -3.08. The molecule has 1 fully saturated rings. The molecule has 0 spiro atoms. The van der Waals surface area contributed by atoms with Crippen LogP contribution in [-0.4, -0.2) is 32.1 Å². The lowest BCUT2D eigenvalue weighted by Crippen LogP contribution is -2.29. The number of methoxy groups -OCH3 is 1. The van der Waals surface area contributed by atoms with Crippen molar-refractivity contribution in [3.8, 4) is 0 Å². The van der Waals surface area contributed by atoms with E-state index in [2.05, 4.69) is 27.1 Å². The molecule has 0 bridgehead atoms. The van der Waals surface area contributed by atoms with E-state index in [-0.39, 0.29) is 11.9 Å². The standard InChI is InChI=1S/C22H24N2O3/c1-27-22(26)18-8-5-17(6-9-18)7-14-21(25)23-19-10-12-20(13-11-19)24-15-3-2-4-16-24/h5-14H,2-4,15-16H2,1H3,(H,23,25)/b14-7+. The number of rotatable bonds is 5. The molecule has 1 saturated heterocycles. The smallest absolute Gasteiger partial charge is 0.337 e. The lowest BCUT2D eigenvalue weighted by molar-refractivity contribution is -0.111. The van der Waals surface area contributed by atoms with E-state index < -0.39 is 0 Å². The van der Waals surface area contributed by atoms with Crippen LogP contribution >= 0.6 is 0 Å². The van der Waals surface area contributed by atoms with Gasteiger partial charge in [0.15, 0.2) is 0 Å². The van der Waals surface area contributed by atoms with E-state index in [4.69, 9.17) is 0 Å². The number of nitrogens with zero attached hydrogens (tertiary/aromatic N) is 1. The monoisotopic (exact) mass is 364 g/mol. The summed E-state index contributed by atoms with van der Waals surface area (Å²) in [7, 11) is 1.35. The molecule has 27 heavy (non-hydrogen) atoms. The molecular weight excluding hydrogens is 340 g/mol. The van der Waals surface area contributed by atoms with Crippen molar-refractivity contribution in [3.05, 3.63) is 65.7 Å². The number of amides is 1. The van der Waals surface area contributed by atoms with E-state index in [9.17, 15) is 9.59 Å². The van der Waals surface area contributed by atoms with Crippen molar-refractivity contribution >= 4 is 29.3 Å². The highest BCUT2D eigenvalue weighted by Gasteiger charge is 2.10. The third-order valence-corrected chi connectivity index (χ3v) is 4.61. The van der Waals surface area contributed by atoms with Crippen molar-refractivity contribution in [1.82, 2.24) is 0 Å². The van der Waals surface area contributed by atoms with Gasteiger partial charge in [0, 0.05) is 30.5 Å². The molecule has 5 heteroatoms. The highest BCUT2D eigenvalue weighted by molar-refractivity contribution is 6.02. The molecule has 1 aliphatic rings. The van der Waals surface area contributed by atoms with E-state index in [0.29, 0.717) is 5.56 Å². The van der Waals surface area contributed by atoms with Crippen LogP contribution in [0.1, 0.15) is 35.2 Å². The number of benzene rings is 2. The molecule has 0 atom stereocenters. The van der Waals surface area contributed by atoms with Gasteiger partial charge in [-0.2, -0.15) is 0 Å². The Morgan fingerprint density at radius 3 is 2.26 bits per heavy atom. The number of hydrogen-bond donors (Lipinski definition) is 1.